The third kappa shape index (κ3) is 3.48. The summed E-state index contributed by atoms with van der Waals surface area (Å²) in [5.41, 5.74) is 0. The molecule has 2 saturated heterocycles. The van der Waals surface area contributed by atoms with E-state index in [1.165, 1.54) is 0 Å². The summed E-state index contributed by atoms with van der Waals surface area (Å²) in [6.07, 6.45) is 4.39. The van der Waals surface area contributed by atoms with Crippen LogP contribution in [0.3, 0.4) is 0 Å². The van der Waals surface area contributed by atoms with Gasteiger partial charge in [0, 0.05) is 26.1 Å². The highest BCUT2D eigenvalue weighted by Gasteiger charge is 2.33. The Kier molecular flexibility index (Phi) is 4.76. The number of nitrogens with zero attached hydrogens (tertiary/aromatic N) is 3. The van der Waals surface area contributed by atoms with E-state index in [2.05, 4.69) is 24.0 Å². The summed E-state index contributed by atoms with van der Waals surface area (Å²) in [6.45, 7) is 6.46. The van der Waals surface area contributed by atoms with E-state index in [0.29, 0.717) is 25.0 Å². The van der Waals surface area contributed by atoms with Crippen molar-refractivity contribution in [3.8, 4) is 0 Å². The third-order valence-corrected chi connectivity index (χ3v) is 4.36. The van der Waals surface area contributed by atoms with Crippen LogP contribution in [0.2, 0.25) is 0 Å². The number of aromatic nitrogens is 2. The molecule has 0 bridgehead atoms. The summed E-state index contributed by atoms with van der Waals surface area (Å²) in [5.74, 6) is 2.25. The molecule has 22 heavy (non-hydrogen) atoms. The van der Waals surface area contributed by atoms with Gasteiger partial charge in [0.1, 0.15) is 6.10 Å². The van der Waals surface area contributed by atoms with Crippen LogP contribution in [0, 0.1) is 5.92 Å². The molecule has 0 aromatic carbocycles. The van der Waals surface area contributed by atoms with Gasteiger partial charge in [0.05, 0.1) is 5.92 Å². The highest BCUT2D eigenvalue weighted by molar-refractivity contribution is 5.81. The Morgan fingerprint density at radius 2 is 2.23 bits per heavy atom. The van der Waals surface area contributed by atoms with Crippen molar-refractivity contribution in [2.45, 2.75) is 58.0 Å². The van der Waals surface area contributed by atoms with Gasteiger partial charge in [-0.1, -0.05) is 19.0 Å². The topological polar surface area (TPSA) is 68.5 Å². The van der Waals surface area contributed by atoms with E-state index in [4.69, 9.17) is 9.26 Å². The Morgan fingerprint density at radius 3 is 2.95 bits per heavy atom. The van der Waals surface area contributed by atoms with E-state index in [1.807, 2.05) is 4.90 Å². The number of hydrogen-bond donors (Lipinski definition) is 0. The fraction of sp³-hybridized carbons (Fsp3) is 0.812. The molecule has 0 aliphatic carbocycles. The number of rotatable bonds is 4. The summed E-state index contributed by atoms with van der Waals surface area (Å²) < 4.78 is 10.9. The maximum Gasteiger partial charge on any atom is 0.251 e. The minimum Gasteiger partial charge on any atom is -0.368 e. The highest BCUT2D eigenvalue weighted by atomic mass is 16.5. The molecule has 6 heteroatoms. The Morgan fingerprint density at radius 1 is 1.36 bits per heavy atom. The molecule has 2 aliphatic heterocycles. The lowest BCUT2D eigenvalue weighted by atomic mass is 9.97. The Balaban J connectivity index is 1.62. The predicted octanol–water partition coefficient (Wildman–Crippen LogP) is 2.15. The summed E-state index contributed by atoms with van der Waals surface area (Å²) in [6, 6.07) is 0. The standard InChI is InChI=1S/C16H25N3O3/c1-11(2)9-14-17-15(22-18-14)12-5-3-7-19(10-12)16(20)13-6-4-8-21-13/h11-13H,3-10H2,1-2H3. The van der Waals surface area contributed by atoms with Gasteiger partial charge in [0.15, 0.2) is 5.82 Å². The molecule has 2 fully saturated rings. The minimum absolute atomic E-state index is 0.129. The quantitative estimate of drug-likeness (QED) is 0.852. The molecule has 1 amide bonds. The van der Waals surface area contributed by atoms with Crippen molar-refractivity contribution in [1.29, 1.82) is 0 Å². The Hall–Kier alpha value is -1.43. The molecule has 122 valence electrons. The summed E-state index contributed by atoms with van der Waals surface area (Å²) >= 11 is 0. The predicted molar refractivity (Wildman–Crippen MR) is 80.4 cm³/mol. The first-order valence-electron chi connectivity index (χ1n) is 8.36. The van der Waals surface area contributed by atoms with Gasteiger partial charge >= 0.3 is 0 Å². The van der Waals surface area contributed by atoms with Crippen LogP contribution in [0.4, 0.5) is 0 Å². The van der Waals surface area contributed by atoms with Gasteiger partial charge in [-0.2, -0.15) is 4.98 Å². The van der Waals surface area contributed by atoms with Gasteiger partial charge in [-0.25, -0.2) is 0 Å². The summed E-state index contributed by atoms with van der Waals surface area (Å²) in [7, 11) is 0. The molecule has 2 unspecified atom stereocenters. The van der Waals surface area contributed by atoms with E-state index in [-0.39, 0.29) is 17.9 Å². The van der Waals surface area contributed by atoms with Crippen LogP contribution in [0.5, 0.6) is 0 Å². The molecule has 0 N–H and O–H groups in total. The molecule has 0 spiro atoms. The Labute approximate surface area is 131 Å². The fourth-order valence-electron chi connectivity index (χ4n) is 3.24. The second-order valence-electron chi connectivity index (χ2n) is 6.77. The first kappa shape index (κ1) is 15.5. The maximum atomic E-state index is 12.5. The van der Waals surface area contributed by atoms with E-state index < -0.39 is 0 Å². The first-order chi connectivity index (χ1) is 10.6. The van der Waals surface area contributed by atoms with Crippen molar-refractivity contribution in [2.75, 3.05) is 19.7 Å². The molecule has 2 aliphatic rings. The second-order valence-corrected chi connectivity index (χ2v) is 6.77. The van der Waals surface area contributed by atoms with Crippen molar-refractivity contribution in [3.63, 3.8) is 0 Å². The van der Waals surface area contributed by atoms with Crippen LogP contribution in [-0.2, 0) is 16.0 Å². The van der Waals surface area contributed by atoms with E-state index in [9.17, 15) is 4.79 Å². The molecule has 0 radical (unpaired) electrons. The summed E-state index contributed by atoms with van der Waals surface area (Å²) in [4.78, 5) is 18.9. The molecule has 1 aromatic rings. The number of hydrogen-bond acceptors (Lipinski definition) is 5. The molecule has 2 atom stereocenters. The highest BCUT2D eigenvalue weighted by Crippen LogP contribution is 2.27. The number of ether oxygens (including phenoxy) is 1. The molecule has 0 saturated carbocycles. The van der Waals surface area contributed by atoms with Gasteiger partial charge in [-0.15, -0.1) is 0 Å². The Bertz CT molecular complexity index is 508. The van der Waals surface area contributed by atoms with E-state index in [1.54, 1.807) is 0 Å². The second kappa shape index (κ2) is 6.77. The summed E-state index contributed by atoms with van der Waals surface area (Å²) in [5, 5.41) is 4.06. The number of amides is 1. The number of carbonyl (C=O) groups excluding carboxylic acids is 1. The molecule has 1 aromatic heterocycles. The van der Waals surface area contributed by atoms with Crippen molar-refractivity contribution >= 4 is 5.91 Å². The fourth-order valence-corrected chi connectivity index (χ4v) is 3.24. The normalized spacial score (nSPS) is 25.9. The lowest BCUT2D eigenvalue weighted by Crippen LogP contribution is -2.44. The van der Waals surface area contributed by atoms with Crippen molar-refractivity contribution in [3.05, 3.63) is 11.7 Å². The smallest absolute Gasteiger partial charge is 0.251 e. The van der Waals surface area contributed by atoms with Crippen molar-refractivity contribution in [2.24, 2.45) is 5.92 Å². The zero-order chi connectivity index (χ0) is 15.5. The number of piperidine rings is 1. The molecular weight excluding hydrogens is 282 g/mol. The average Bonchev–Trinajstić information content (AvgIpc) is 3.17. The third-order valence-electron chi connectivity index (χ3n) is 4.36. The van der Waals surface area contributed by atoms with Crippen LogP contribution >= 0.6 is 0 Å². The van der Waals surface area contributed by atoms with E-state index >= 15 is 0 Å². The van der Waals surface area contributed by atoms with Crippen LogP contribution in [0.25, 0.3) is 0 Å². The number of likely N-dealkylation sites (tertiary alicyclic amines) is 1. The van der Waals surface area contributed by atoms with Gasteiger partial charge in [0.25, 0.3) is 5.91 Å². The molecular formula is C16H25N3O3. The van der Waals surface area contributed by atoms with Crippen molar-refractivity contribution < 1.29 is 14.1 Å². The molecule has 3 rings (SSSR count). The van der Waals surface area contributed by atoms with Crippen molar-refractivity contribution in [1.82, 2.24) is 15.0 Å². The van der Waals surface area contributed by atoms with Crippen LogP contribution < -0.4 is 0 Å². The van der Waals surface area contributed by atoms with Gasteiger partial charge in [0.2, 0.25) is 5.89 Å². The SMILES string of the molecule is CC(C)Cc1noc(C2CCCN(C(=O)C3CCCO3)C2)n1. The zero-order valence-electron chi connectivity index (χ0n) is 13.5. The van der Waals surface area contributed by atoms with Gasteiger partial charge < -0.3 is 14.2 Å². The van der Waals surface area contributed by atoms with Crippen LogP contribution in [0.15, 0.2) is 4.52 Å². The molecule has 3 heterocycles. The largest absolute Gasteiger partial charge is 0.368 e. The van der Waals surface area contributed by atoms with Crippen LogP contribution in [0.1, 0.15) is 57.2 Å². The monoisotopic (exact) mass is 307 g/mol. The lowest BCUT2D eigenvalue weighted by Gasteiger charge is -2.32. The van der Waals surface area contributed by atoms with Gasteiger partial charge in [-0.3, -0.25) is 4.79 Å². The van der Waals surface area contributed by atoms with Gasteiger partial charge in [-0.05, 0) is 31.6 Å². The van der Waals surface area contributed by atoms with E-state index in [0.717, 1.165) is 44.5 Å². The average molecular weight is 307 g/mol. The first-order valence-corrected chi connectivity index (χ1v) is 8.36. The van der Waals surface area contributed by atoms with Crippen LogP contribution in [-0.4, -0.2) is 46.7 Å². The molecule has 6 nitrogen and oxygen atoms in total. The minimum atomic E-state index is -0.238. The lowest BCUT2D eigenvalue weighted by molar-refractivity contribution is -0.142. The maximum absolute atomic E-state index is 12.5. The number of carbonyl (C=O) groups is 1. The zero-order valence-corrected chi connectivity index (χ0v) is 13.5.